The molecule has 0 aromatic heterocycles. The third-order valence-corrected chi connectivity index (χ3v) is 1.71. The van der Waals surface area contributed by atoms with E-state index < -0.39 is 7.94 Å². The Bertz CT molecular complexity index is 277. The Morgan fingerprint density at radius 2 is 2.00 bits per heavy atom. The van der Waals surface area contributed by atoms with Gasteiger partial charge in [-0.05, 0) is 5.56 Å². The van der Waals surface area contributed by atoms with Gasteiger partial charge in [0, 0.05) is 6.54 Å². The summed E-state index contributed by atoms with van der Waals surface area (Å²) < 4.78 is 0. The van der Waals surface area contributed by atoms with Crippen LogP contribution in [0.2, 0.25) is 0 Å². The summed E-state index contributed by atoms with van der Waals surface area (Å²) in [7, 11) is -1.97. The van der Waals surface area contributed by atoms with Gasteiger partial charge >= 0.3 is 0 Å². The second kappa shape index (κ2) is 4.12. The molecule has 0 saturated carbocycles. The van der Waals surface area contributed by atoms with E-state index in [0.717, 1.165) is 5.56 Å². The average molecular weight is 168 g/mol. The van der Waals surface area contributed by atoms with Gasteiger partial charge in [-0.1, -0.05) is 30.3 Å². The van der Waals surface area contributed by atoms with Crippen molar-refractivity contribution >= 4 is 7.94 Å². The molecule has 1 atom stereocenters. The predicted molar refractivity (Wildman–Crippen MR) is 44.1 cm³/mol. The highest BCUT2D eigenvalue weighted by molar-refractivity contribution is 7.34. The zero-order valence-corrected chi connectivity index (χ0v) is 6.83. The van der Waals surface area contributed by atoms with Crippen molar-refractivity contribution in [3.8, 4) is 0 Å². The molecule has 3 nitrogen and oxygen atoms in total. The van der Waals surface area contributed by atoms with Gasteiger partial charge in [0.25, 0.3) is 7.94 Å². The molecule has 0 saturated heterocycles. The fraction of sp³-hybridized carbons (Fsp3) is 0.143. The van der Waals surface area contributed by atoms with Crippen molar-refractivity contribution < 1.29 is 4.89 Å². The van der Waals surface area contributed by atoms with Crippen LogP contribution in [0.1, 0.15) is 5.56 Å². The molecule has 0 fully saturated rings. The molecule has 0 amide bonds. The van der Waals surface area contributed by atoms with Gasteiger partial charge in [-0.15, -0.1) is 0 Å². The number of hydrogen-bond acceptors (Lipinski definition) is 3. The van der Waals surface area contributed by atoms with Crippen LogP contribution in [0.4, 0.5) is 0 Å². The molecule has 1 rings (SSSR count). The van der Waals surface area contributed by atoms with Gasteiger partial charge in [-0.2, -0.15) is 5.00 Å². The van der Waals surface area contributed by atoms with Crippen LogP contribution < -0.4 is 5.09 Å². The zero-order valence-electron chi connectivity index (χ0n) is 5.94. The van der Waals surface area contributed by atoms with Crippen molar-refractivity contribution in [2.75, 3.05) is 0 Å². The molecule has 0 spiro atoms. The van der Waals surface area contributed by atoms with E-state index in [0.29, 0.717) is 6.54 Å². The van der Waals surface area contributed by atoms with Crippen molar-refractivity contribution in [2.45, 2.75) is 6.54 Å². The maximum Gasteiger partial charge on any atom is 0.261 e. The molecule has 0 aliphatic carbocycles. The number of benzene rings is 1. The lowest BCUT2D eigenvalue weighted by Gasteiger charge is -1.97. The smallest absolute Gasteiger partial charge is 0.261 e. The number of nitrogens with one attached hydrogen (secondary N) is 1. The first-order valence-electron chi connectivity index (χ1n) is 3.24. The predicted octanol–water partition coefficient (Wildman–Crippen LogP) is 1.56. The number of nitrogens with zero attached hydrogens (tertiary/aromatic N) is 1. The van der Waals surface area contributed by atoms with Crippen LogP contribution in [0.5, 0.6) is 0 Å². The first-order valence-corrected chi connectivity index (χ1v) is 4.49. The standard InChI is InChI=1S/C7H9N2OP/c8-11(10)9-6-7-4-2-1-3-5-7/h1-5,9-10H,6H2. The molecular formula is C7H9N2OP. The van der Waals surface area contributed by atoms with Gasteiger partial charge in [-0.3, -0.25) is 0 Å². The quantitative estimate of drug-likeness (QED) is 0.659. The van der Waals surface area contributed by atoms with Gasteiger partial charge in [0.05, 0.1) is 0 Å². The lowest BCUT2D eigenvalue weighted by atomic mass is 10.2. The maximum absolute atomic E-state index is 8.52. The molecule has 0 bridgehead atoms. The third-order valence-electron chi connectivity index (χ3n) is 1.27. The van der Waals surface area contributed by atoms with Gasteiger partial charge in [0.1, 0.15) is 0 Å². The Morgan fingerprint density at radius 3 is 2.55 bits per heavy atom. The van der Waals surface area contributed by atoms with Gasteiger partial charge in [0.15, 0.2) is 0 Å². The molecule has 1 aromatic carbocycles. The first kappa shape index (κ1) is 8.25. The third kappa shape index (κ3) is 3.17. The van der Waals surface area contributed by atoms with E-state index in [-0.39, 0.29) is 0 Å². The highest BCUT2D eigenvalue weighted by Gasteiger charge is 1.90. The van der Waals surface area contributed by atoms with Crippen molar-refractivity contribution in [1.29, 1.82) is 5.00 Å². The molecular weight excluding hydrogens is 159 g/mol. The Kier molecular flexibility index (Phi) is 3.09. The van der Waals surface area contributed by atoms with Crippen molar-refractivity contribution in [3.63, 3.8) is 0 Å². The monoisotopic (exact) mass is 168 g/mol. The van der Waals surface area contributed by atoms with Crippen LogP contribution in [-0.2, 0) is 6.54 Å². The maximum atomic E-state index is 8.52. The second-order valence-electron chi connectivity index (χ2n) is 2.11. The van der Waals surface area contributed by atoms with E-state index >= 15 is 0 Å². The van der Waals surface area contributed by atoms with Crippen LogP contribution in [0.25, 0.3) is 0 Å². The minimum absolute atomic E-state index is 0.500. The highest BCUT2D eigenvalue weighted by atomic mass is 31.1. The SMILES string of the molecule is N#P(O)NCc1ccccc1. The minimum atomic E-state index is -1.97. The Hall–Kier alpha value is -0.850. The van der Waals surface area contributed by atoms with E-state index in [2.05, 4.69) is 5.09 Å². The van der Waals surface area contributed by atoms with E-state index in [4.69, 9.17) is 9.90 Å². The zero-order chi connectivity index (χ0) is 8.10. The molecule has 1 unspecified atom stereocenters. The van der Waals surface area contributed by atoms with Crippen LogP contribution in [0.3, 0.4) is 0 Å². The first-order chi connectivity index (χ1) is 5.29. The van der Waals surface area contributed by atoms with Crippen molar-refractivity contribution in [1.82, 2.24) is 5.09 Å². The molecule has 0 aliphatic rings. The molecule has 4 heteroatoms. The van der Waals surface area contributed by atoms with Gasteiger partial charge < -0.3 is 4.89 Å². The number of hydrogen-bond donors (Lipinski definition) is 2. The van der Waals surface area contributed by atoms with Gasteiger partial charge in [-0.25, -0.2) is 5.09 Å². The average Bonchev–Trinajstić information content (AvgIpc) is 2.03. The molecule has 58 valence electrons. The topological polar surface area (TPSA) is 56.0 Å². The summed E-state index contributed by atoms with van der Waals surface area (Å²) in [6, 6.07) is 9.59. The van der Waals surface area contributed by atoms with E-state index in [1.54, 1.807) is 0 Å². The summed E-state index contributed by atoms with van der Waals surface area (Å²) in [5.41, 5.74) is 1.04. The molecule has 0 radical (unpaired) electrons. The fourth-order valence-electron chi connectivity index (χ4n) is 0.758. The Morgan fingerprint density at radius 1 is 1.36 bits per heavy atom. The number of rotatable bonds is 2. The lowest BCUT2D eigenvalue weighted by Crippen LogP contribution is -2.00. The minimum Gasteiger partial charge on any atom is -0.313 e. The van der Waals surface area contributed by atoms with Crippen molar-refractivity contribution in [3.05, 3.63) is 35.9 Å². The van der Waals surface area contributed by atoms with Crippen LogP contribution >= 0.6 is 7.94 Å². The second-order valence-corrected chi connectivity index (χ2v) is 3.01. The van der Waals surface area contributed by atoms with Gasteiger partial charge in [0.2, 0.25) is 0 Å². The van der Waals surface area contributed by atoms with E-state index in [1.165, 1.54) is 0 Å². The lowest BCUT2D eigenvalue weighted by molar-refractivity contribution is 0.618. The molecule has 0 heterocycles. The van der Waals surface area contributed by atoms with E-state index in [1.807, 2.05) is 30.3 Å². The highest BCUT2D eigenvalue weighted by Crippen LogP contribution is 2.05. The fourth-order valence-corrected chi connectivity index (χ4v) is 1.08. The molecule has 1 aromatic rings. The Labute approximate surface area is 66.2 Å². The molecule has 0 aliphatic heterocycles. The Balaban J connectivity index is 2.47. The summed E-state index contributed by atoms with van der Waals surface area (Å²) in [5.74, 6) is 0. The normalized spacial score (nSPS) is 11.1. The summed E-state index contributed by atoms with van der Waals surface area (Å²) >= 11 is 0. The van der Waals surface area contributed by atoms with E-state index in [9.17, 15) is 0 Å². The summed E-state index contributed by atoms with van der Waals surface area (Å²) in [6.45, 7) is 0.500. The summed E-state index contributed by atoms with van der Waals surface area (Å²) in [5, 5.41) is 11.1. The largest absolute Gasteiger partial charge is 0.313 e. The molecule has 11 heavy (non-hydrogen) atoms. The van der Waals surface area contributed by atoms with Crippen LogP contribution in [0, 0.1) is 5.00 Å². The molecule has 2 N–H and O–H groups in total. The van der Waals surface area contributed by atoms with Crippen molar-refractivity contribution in [2.24, 2.45) is 0 Å². The summed E-state index contributed by atoms with van der Waals surface area (Å²) in [4.78, 5) is 8.52. The van der Waals surface area contributed by atoms with Crippen LogP contribution in [-0.4, -0.2) is 4.89 Å². The summed E-state index contributed by atoms with van der Waals surface area (Å²) in [6.07, 6.45) is 0. The van der Waals surface area contributed by atoms with Crippen LogP contribution in [0.15, 0.2) is 30.3 Å².